The highest BCUT2D eigenvalue weighted by Crippen LogP contribution is 2.22. The molecule has 0 amide bonds. The minimum atomic E-state index is 0.524. The van der Waals surface area contributed by atoms with Crippen LogP contribution in [-0.4, -0.2) is 25.3 Å². The summed E-state index contributed by atoms with van der Waals surface area (Å²) in [5.74, 6) is 0. The van der Waals surface area contributed by atoms with Crippen LogP contribution >= 0.6 is 11.3 Å². The SMILES string of the molecule is CCCNC(CCC1CCCO1)Cc1ccc(CC)s1. The molecule has 0 bridgehead atoms. The first-order valence-corrected chi connectivity index (χ1v) is 9.06. The van der Waals surface area contributed by atoms with Gasteiger partial charge in [0.15, 0.2) is 0 Å². The van der Waals surface area contributed by atoms with E-state index in [-0.39, 0.29) is 0 Å². The molecule has 2 atom stereocenters. The van der Waals surface area contributed by atoms with Gasteiger partial charge < -0.3 is 10.1 Å². The summed E-state index contributed by atoms with van der Waals surface area (Å²) in [4.78, 5) is 3.04. The molecule has 2 heterocycles. The van der Waals surface area contributed by atoms with E-state index in [0.29, 0.717) is 12.1 Å². The van der Waals surface area contributed by atoms with E-state index in [9.17, 15) is 0 Å². The second kappa shape index (κ2) is 8.81. The van der Waals surface area contributed by atoms with Crippen LogP contribution in [0.4, 0.5) is 0 Å². The van der Waals surface area contributed by atoms with Gasteiger partial charge in [-0.05, 0) is 63.6 Å². The summed E-state index contributed by atoms with van der Waals surface area (Å²) in [7, 11) is 0. The molecule has 1 fully saturated rings. The minimum absolute atomic E-state index is 0.524. The van der Waals surface area contributed by atoms with E-state index in [1.165, 1.54) is 48.3 Å². The van der Waals surface area contributed by atoms with E-state index in [4.69, 9.17) is 4.74 Å². The molecule has 20 heavy (non-hydrogen) atoms. The monoisotopic (exact) mass is 295 g/mol. The van der Waals surface area contributed by atoms with Crippen LogP contribution in [0.3, 0.4) is 0 Å². The number of ether oxygens (including phenoxy) is 1. The number of nitrogens with one attached hydrogen (secondary N) is 1. The number of rotatable bonds is 9. The van der Waals surface area contributed by atoms with Crippen molar-refractivity contribution < 1.29 is 4.74 Å². The normalized spacial score (nSPS) is 20.4. The van der Waals surface area contributed by atoms with E-state index >= 15 is 0 Å². The van der Waals surface area contributed by atoms with Crippen molar-refractivity contribution in [3.63, 3.8) is 0 Å². The van der Waals surface area contributed by atoms with Gasteiger partial charge in [-0.3, -0.25) is 0 Å². The lowest BCUT2D eigenvalue weighted by molar-refractivity contribution is 0.0996. The number of aryl methyl sites for hydroxylation is 1. The molecule has 0 radical (unpaired) electrons. The van der Waals surface area contributed by atoms with E-state index in [1.807, 2.05) is 11.3 Å². The summed E-state index contributed by atoms with van der Waals surface area (Å²) in [6, 6.07) is 5.22. The molecule has 1 aromatic rings. The van der Waals surface area contributed by atoms with Crippen LogP contribution in [0.2, 0.25) is 0 Å². The van der Waals surface area contributed by atoms with E-state index in [0.717, 1.165) is 19.6 Å². The fourth-order valence-electron chi connectivity index (χ4n) is 2.85. The summed E-state index contributed by atoms with van der Waals surface area (Å²) in [5, 5.41) is 3.72. The van der Waals surface area contributed by atoms with Gasteiger partial charge in [0.2, 0.25) is 0 Å². The fraction of sp³-hybridized carbons (Fsp3) is 0.765. The summed E-state index contributed by atoms with van der Waals surface area (Å²) < 4.78 is 5.75. The van der Waals surface area contributed by atoms with Crippen molar-refractivity contribution in [2.24, 2.45) is 0 Å². The molecule has 1 aliphatic heterocycles. The van der Waals surface area contributed by atoms with E-state index in [2.05, 4.69) is 31.3 Å². The number of thiophene rings is 1. The average molecular weight is 295 g/mol. The van der Waals surface area contributed by atoms with Gasteiger partial charge in [-0.2, -0.15) is 0 Å². The Labute approximate surface area is 127 Å². The highest BCUT2D eigenvalue weighted by Gasteiger charge is 2.18. The van der Waals surface area contributed by atoms with Gasteiger partial charge in [0.05, 0.1) is 6.10 Å². The second-order valence-electron chi connectivity index (χ2n) is 5.79. The maximum Gasteiger partial charge on any atom is 0.0576 e. The van der Waals surface area contributed by atoms with Crippen LogP contribution < -0.4 is 5.32 Å². The van der Waals surface area contributed by atoms with Gasteiger partial charge in [-0.25, -0.2) is 0 Å². The van der Waals surface area contributed by atoms with Crippen LogP contribution in [-0.2, 0) is 17.6 Å². The molecule has 2 rings (SSSR count). The molecule has 2 unspecified atom stereocenters. The predicted molar refractivity (Wildman–Crippen MR) is 87.7 cm³/mol. The lowest BCUT2D eigenvalue weighted by atomic mass is 10.0. The first-order valence-electron chi connectivity index (χ1n) is 8.24. The van der Waals surface area contributed by atoms with Crippen LogP contribution in [0.1, 0.15) is 55.7 Å². The first-order chi connectivity index (χ1) is 9.81. The third kappa shape index (κ3) is 5.19. The highest BCUT2D eigenvalue weighted by atomic mass is 32.1. The maximum absolute atomic E-state index is 5.75. The van der Waals surface area contributed by atoms with Gasteiger partial charge in [0.25, 0.3) is 0 Å². The van der Waals surface area contributed by atoms with Gasteiger partial charge in [-0.15, -0.1) is 11.3 Å². The number of hydrogen-bond acceptors (Lipinski definition) is 3. The zero-order valence-corrected chi connectivity index (χ0v) is 13.8. The molecule has 3 heteroatoms. The summed E-state index contributed by atoms with van der Waals surface area (Å²) >= 11 is 1.98. The smallest absolute Gasteiger partial charge is 0.0576 e. The molecule has 2 nitrogen and oxygen atoms in total. The maximum atomic E-state index is 5.75. The molecular formula is C17H29NOS. The molecular weight excluding hydrogens is 266 g/mol. The Morgan fingerprint density at radius 1 is 1.35 bits per heavy atom. The van der Waals surface area contributed by atoms with Crippen LogP contribution in [0.5, 0.6) is 0 Å². The zero-order chi connectivity index (χ0) is 14.2. The lowest BCUT2D eigenvalue weighted by Gasteiger charge is -2.19. The molecule has 114 valence electrons. The first kappa shape index (κ1) is 16.0. The Morgan fingerprint density at radius 3 is 2.85 bits per heavy atom. The summed E-state index contributed by atoms with van der Waals surface area (Å²) in [6.45, 7) is 6.58. The van der Waals surface area contributed by atoms with Crippen molar-refractivity contribution in [2.45, 2.75) is 70.9 Å². The van der Waals surface area contributed by atoms with Crippen molar-refractivity contribution in [1.82, 2.24) is 5.32 Å². The van der Waals surface area contributed by atoms with Crippen LogP contribution in [0, 0.1) is 0 Å². The second-order valence-corrected chi connectivity index (χ2v) is 7.04. The lowest BCUT2D eigenvalue weighted by Crippen LogP contribution is -2.32. The van der Waals surface area contributed by atoms with Gasteiger partial charge in [0.1, 0.15) is 0 Å². The quantitative estimate of drug-likeness (QED) is 0.738. The van der Waals surface area contributed by atoms with Gasteiger partial charge >= 0.3 is 0 Å². The van der Waals surface area contributed by atoms with Gasteiger partial charge in [-0.1, -0.05) is 13.8 Å². The Bertz CT molecular complexity index is 371. The topological polar surface area (TPSA) is 21.3 Å². The molecule has 0 aromatic carbocycles. The van der Waals surface area contributed by atoms with E-state index < -0.39 is 0 Å². The van der Waals surface area contributed by atoms with Crippen molar-refractivity contribution in [3.8, 4) is 0 Å². The van der Waals surface area contributed by atoms with Crippen molar-refractivity contribution in [1.29, 1.82) is 0 Å². The third-order valence-electron chi connectivity index (χ3n) is 4.06. The largest absolute Gasteiger partial charge is 0.378 e. The minimum Gasteiger partial charge on any atom is -0.378 e. The van der Waals surface area contributed by atoms with E-state index in [1.54, 1.807) is 0 Å². The summed E-state index contributed by atoms with van der Waals surface area (Å²) in [6.07, 6.45) is 9.04. The fourth-order valence-corrected chi connectivity index (χ4v) is 3.89. The molecule has 1 aromatic heterocycles. The Hall–Kier alpha value is -0.380. The van der Waals surface area contributed by atoms with Gasteiger partial charge in [0, 0.05) is 22.4 Å². The molecule has 0 spiro atoms. The van der Waals surface area contributed by atoms with Crippen molar-refractivity contribution in [3.05, 3.63) is 21.9 Å². The van der Waals surface area contributed by atoms with Crippen molar-refractivity contribution >= 4 is 11.3 Å². The average Bonchev–Trinajstić information content (AvgIpc) is 3.13. The molecule has 1 N–H and O–H groups in total. The Kier molecular flexibility index (Phi) is 7.05. The molecule has 0 saturated carbocycles. The van der Waals surface area contributed by atoms with Crippen LogP contribution in [0.25, 0.3) is 0 Å². The van der Waals surface area contributed by atoms with Crippen molar-refractivity contribution in [2.75, 3.05) is 13.2 Å². The van der Waals surface area contributed by atoms with Crippen LogP contribution in [0.15, 0.2) is 12.1 Å². The zero-order valence-electron chi connectivity index (χ0n) is 13.0. The third-order valence-corrected chi connectivity index (χ3v) is 5.31. The standard InChI is InChI=1S/C17H29NOS/c1-3-11-18-14(7-8-15-6-5-12-19-15)13-17-10-9-16(4-2)20-17/h9-10,14-15,18H,3-8,11-13H2,1-2H3. The highest BCUT2D eigenvalue weighted by molar-refractivity contribution is 7.11. The Morgan fingerprint density at radius 2 is 2.20 bits per heavy atom. The molecule has 0 aliphatic carbocycles. The molecule has 1 aliphatic rings. The summed E-state index contributed by atoms with van der Waals surface area (Å²) in [5.41, 5.74) is 0. The Balaban J connectivity index is 1.81. The predicted octanol–water partition coefficient (Wildman–Crippen LogP) is 4.18. The molecule has 1 saturated heterocycles. The number of hydrogen-bond donors (Lipinski definition) is 1.